The summed E-state index contributed by atoms with van der Waals surface area (Å²) >= 11 is 3.61. The summed E-state index contributed by atoms with van der Waals surface area (Å²) in [6.45, 7) is 0. The van der Waals surface area contributed by atoms with Crippen LogP contribution in [0.1, 0.15) is 0 Å². The zero-order chi connectivity index (χ0) is 36.0. The van der Waals surface area contributed by atoms with Crippen molar-refractivity contribution in [1.29, 1.82) is 0 Å². The van der Waals surface area contributed by atoms with Crippen LogP contribution in [-0.2, 0) is 0 Å². The molecule has 4 aromatic heterocycles. The Labute approximate surface area is 322 Å². The van der Waals surface area contributed by atoms with Crippen molar-refractivity contribution in [1.82, 2.24) is 15.0 Å². The number of rotatable bonds is 4. The smallest absolute Gasteiger partial charge is 0.165 e. The number of furan rings is 1. The van der Waals surface area contributed by atoms with Crippen LogP contribution in [0.5, 0.6) is 0 Å². The molecule has 0 amide bonds. The third kappa shape index (κ3) is 4.85. The molecule has 12 rings (SSSR count). The molecule has 0 radical (unpaired) electrons. The van der Waals surface area contributed by atoms with Crippen molar-refractivity contribution in [2.75, 3.05) is 0 Å². The maximum absolute atomic E-state index is 6.62. The normalized spacial score (nSPS) is 12.0. The summed E-state index contributed by atoms with van der Waals surface area (Å²) in [6, 6.07) is 57.9. The Balaban J connectivity index is 1.15. The van der Waals surface area contributed by atoms with E-state index in [1.807, 2.05) is 23.5 Å². The fraction of sp³-hybridized carbons (Fsp3) is 0. The summed E-state index contributed by atoms with van der Waals surface area (Å²) in [6.07, 6.45) is 0. The van der Waals surface area contributed by atoms with Crippen molar-refractivity contribution >= 4 is 95.7 Å². The molecule has 0 atom stereocenters. The lowest BCUT2D eigenvalue weighted by atomic mass is 9.97. The van der Waals surface area contributed by atoms with Crippen molar-refractivity contribution in [2.24, 2.45) is 0 Å². The summed E-state index contributed by atoms with van der Waals surface area (Å²) in [7, 11) is 0. The lowest BCUT2D eigenvalue weighted by Gasteiger charge is -2.12. The van der Waals surface area contributed by atoms with Crippen LogP contribution in [0.15, 0.2) is 168 Å². The minimum absolute atomic E-state index is 0.603. The molecule has 0 bridgehead atoms. The van der Waals surface area contributed by atoms with Gasteiger partial charge in [-0.3, -0.25) is 0 Å². The molecule has 12 aromatic rings. The van der Waals surface area contributed by atoms with Gasteiger partial charge < -0.3 is 4.42 Å². The Kier molecular flexibility index (Phi) is 6.64. The Hall–Kier alpha value is -6.73. The molecule has 0 aliphatic rings. The van der Waals surface area contributed by atoms with Gasteiger partial charge in [0.1, 0.15) is 11.2 Å². The predicted octanol–water partition coefficient (Wildman–Crippen LogP) is 14.3. The molecule has 55 heavy (non-hydrogen) atoms. The van der Waals surface area contributed by atoms with Crippen LogP contribution in [0.4, 0.5) is 0 Å². The predicted molar refractivity (Wildman–Crippen MR) is 232 cm³/mol. The van der Waals surface area contributed by atoms with Crippen molar-refractivity contribution in [3.8, 4) is 45.3 Å². The van der Waals surface area contributed by atoms with E-state index < -0.39 is 0 Å². The summed E-state index contributed by atoms with van der Waals surface area (Å²) in [5.74, 6) is 1.87. The first-order valence-electron chi connectivity index (χ1n) is 18.3. The topological polar surface area (TPSA) is 51.8 Å². The van der Waals surface area contributed by atoms with Crippen LogP contribution in [0.2, 0.25) is 0 Å². The van der Waals surface area contributed by atoms with E-state index in [9.17, 15) is 0 Å². The van der Waals surface area contributed by atoms with E-state index in [4.69, 9.17) is 19.4 Å². The summed E-state index contributed by atoms with van der Waals surface area (Å²) in [5, 5.41) is 9.29. The third-order valence-corrected chi connectivity index (χ3v) is 13.1. The van der Waals surface area contributed by atoms with Crippen molar-refractivity contribution in [3.05, 3.63) is 164 Å². The molecule has 4 heterocycles. The Morgan fingerprint density at radius 1 is 0.364 bits per heavy atom. The van der Waals surface area contributed by atoms with E-state index in [1.165, 1.54) is 41.0 Å². The van der Waals surface area contributed by atoms with Gasteiger partial charge in [0.05, 0.1) is 0 Å². The zero-order valence-electron chi connectivity index (χ0n) is 29.2. The lowest BCUT2D eigenvalue weighted by molar-refractivity contribution is 0.669. The van der Waals surface area contributed by atoms with Gasteiger partial charge >= 0.3 is 0 Å². The van der Waals surface area contributed by atoms with E-state index >= 15 is 0 Å². The Bertz CT molecular complexity index is 3520. The standard InChI is InChI=1S/C49H27N3OS2/c1-2-11-29-24-31(21-20-28(29)10-1)47-50-48(37-16-9-15-35-33-12-4-8-19-43(33)55-46(35)37)52-49(51-47)39-26-32(27-41-45(39)36-14-3-6-17-40(36)53-41)30-22-23-44-38(25-30)34-13-5-7-18-42(34)54-44/h1-27H. The highest BCUT2D eigenvalue weighted by Crippen LogP contribution is 2.43. The van der Waals surface area contributed by atoms with Gasteiger partial charge in [-0.05, 0) is 76.5 Å². The molecule has 256 valence electrons. The molecule has 0 N–H and O–H groups in total. The fourth-order valence-electron chi connectivity index (χ4n) is 8.10. The minimum atomic E-state index is 0.603. The highest BCUT2D eigenvalue weighted by Gasteiger charge is 2.21. The van der Waals surface area contributed by atoms with E-state index in [1.54, 1.807) is 11.3 Å². The maximum Gasteiger partial charge on any atom is 0.165 e. The summed E-state index contributed by atoms with van der Waals surface area (Å²) in [4.78, 5) is 16.0. The fourth-order valence-corrected chi connectivity index (χ4v) is 10.4. The number of para-hydroxylation sites is 1. The summed E-state index contributed by atoms with van der Waals surface area (Å²) < 4.78 is 11.6. The Morgan fingerprint density at radius 2 is 1.02 bits per heavy atom. The van der Waals surface area contributed by atoms with Crippen LogP contribution in [0.25, 0.3) is 118 Å². The van der Waals surface area contributed by atoms with Crippen LogP contribution < -0.4 is 0 Å². The quantitative estimate of drug-likeness (QED) is 0.180. The van der Waals surface area contributed by atoms with Crippen molar-refractivity contribution in [3.63, 3.8) is 0 Å². The van der Waals surface area contributed by atoms with Gasteiger partial charge in [-0.25, -0.2) is 15.0 Å². The highest BCUT2D eigenvalue weighted by molar-refractivity contribution is 7.26. The average molecular weight is 738 g/mol. The van der Waals surface area contributed by atoms with Crippen LogP contribution in [-0.4, -0.2) is 15.0 Å². The average Bonchev–Trinajstić information content (AvgIpc) is 3.94. The number of nitrogens with zero attached hydrogens (tertiary/aromatic N) is 3. The summed E-state index contributed by atoms with van der Waals surface area (Å²) in [5.41, 5.74) is 6.61. The highest BCUT2D eigenvalue weighted by atomic mass is 32.1. The van der Waals surface area contributed by atoms with Crippen molar-refractivity contribution in [2.45, 2.75) is 0 Å². The molecule has 0 aliphatic heterocycles. The van der Waals surface area contributed by atoms with Gasteiger partial charge in [0.25, 0.3) is 0 Å². The second-order valence-electron chi connectivity index (χ2n) is 14.0. The molecule has 0 aliphatic carbocycles. The largest absolute Gasteiger partial charge is 0.456 e. The Morgan fingerprint density at radius 3 is 1.89 bits per heavy atom. The van der Waals surface area contributed by atoms with Gasteiger partial charge in [0.15, 0.2) is 17.5 Å². The molecule has 0 unspecified atom stereocenters. The molecule has 4 nitrogen and oxygen atoms in total. The number of benzene rings is 8. The SMILES string of the molecule is c1ccc2cc(-c3nc(-c4cccc5c4sc4ccccc45)nc(-c4cc(-c5ccc6sc7ccccc7c6c5)cc5oc6ccccc6c45)n3)ccc2c1. The number of aromatic nitrogens is 3. The first kappa shape index (κ1) is 30.7. The minimum Gasteiger partial charge on any atom is -0.456 e. The van der Waals surface area contributed by atoms with E-state index in [2.05, 4.69) is 152 Å². The van der Waals surface area contributed by atoms with Crippen molar-refractivity contribution < 1.29 is 4.42 Å². The number of hydrogen-bond acceptors (Lipinski definition) is 6. The van der Waals surface area contributed by atoms with E-state index in [0.29, 0.717) is 17.5 Å². The molecule has 8 aromatic carbocycles. The van der Waals surface area contributed by atoms with Gasteiger partial charge in [0, 0.05) is 67.8 Å². The molecular formula is C49H27N3OS2. The molecule has 0 saturated heterocycles. The van der Waals surface area contributed by atoms with E-state index in [-0.39, 0.29) is 0 Å². The monoisotopic (exact) mass is 737 g/mol. The first-order chi connectivity index (χ1) is 27.2. The second kappa shape index (κ2) is 11.9. The number of fused-ring (bicyclic) bond motifs is 10. The van der Waals surface area contributed by atoms with Gasteiger partial charge in [-0.1, -0.05) is 109 Å². The first-order valence-corrected chi connectivity index (χ1v) is 19.9. The molecule has 0 fully saturated rings. The zero-order valence-corrected chi connectivity index (χ0v) is 30.8. The molecule has 6 heteroatoms. The number of thiophene rings is 2. The van der Waals surface area contributed by atoms with Gasteiger partial charge in [-0.15, -0.1) is 22.7 Å². The van der Waals surface area contributed by atoms with Crippen LogP contribution in [0.3, 0.4) is 0 Å². The molecular weight excluding hydrogens is 711 g/mol. The lowest BCUT2D eigenvalue weighted by Crippen LogP contribution is -2.01. The van der Waals surface area contributed by atoms with Gasteiger partial charge in [0.2, 0.25) is 0 Å². The third-order valence-electron chi connectivity index (χ3n) is 10.7. The maximum atomic E-state index is 6.62. The van der Waals surface area contributed by atoms with Crippen LogP contribution >= 0.6 is 22.7 Å². The van der Waals surface area contributed by atoms with E-state index in [0.717, 1.165) is 59.8 Å². The van der Waals surface area contributed by atoms with Crippen LogP contribution in [0, 0.1) is 0 Å². The number of hydrogen-bond donors (Lipinski definition) is 0. The van der Waals surface area contributed by atoms with Gasteiger partial charge in [-0.2, -0.15) is 0 Å². The molecule has 0 saturated carbocycles. The second-order valence-corrected chi connectivity index (χ2v) is 16.1. The molecule has 0 spiro atoms.